The van der Waals surface area contributed by atoms with Crippen molar-refractivity contribution in [3.8, 4) is 5.75 Å². The van der Waals surface area contributed by atoms with Crippen LogP contribution in [-0.4, -0.2) is 28.9 Å². The molecule has 2 aliphatic rings. The predicted molar refractivity (Wildman–Crippen MR) is 135 cm³/mol. The molecule has 0 bridgehead atoms. The van der Waals surface area contributed by atoms with Gasteiger partial charge in [0, 0.05) is 17.0 Å². The maximum atomic E-state index is 12.8. The van der Waals surface area contributed by atoms with Crippen LogP contribution in [0.5, 0.6) is 5.75 Å². The topological polar surface area (TPSA) is 54.3 Å². The minimum absolute atomic E-state index is 0.0814. The molecule has 1 atom stereocenters. The lowest BCUT2D eigenvalue weighted by Crippen LogP contribution is -2.23. The Labute approximate surface area is 201 Å². The van der Waals surface area contributed by atoms with E-state index in [2.05, 4.69) is 4.99 Å². The van der Waals surface area contributed by atoms with Crippen molar-refractivity contribution in [2.24, 2.45) is 10.1 Å². The number of halogens is 1. The van der Waals surface area contributed by atoms with Crippen molar-refractivity contribution < 1.29 is 9.53 Å². The lowest BCUT2D eigenvalue weighted by molar-refractivity contribution is -0.113. The van der Waals surface area contributed by atoms with Crippen molar-refractivity contribution in [2.75, 3.05) is 7.11 Å². The number of para-hydroxylation sites is 1. The van der Waals surface area contributed by atoms with Crippen LogP contribution < -0.4 is 4.74 Å². The zero-order valence-electron chi connectivity index (χ0n) is 17.8. The van der Waals surface area contributed by atoms with Crippen LogP contribution in [0.15, 0.2) is 93.9 Å². The summed E-state index contributed by atoms with van der Waals surface area (Å²) in [7, 11) is 1.61. The van der Waals surface area contributed by atoms with Gasteiger partial charge in [0.2, 0.25) is 0 Å². The van der Waals surface area contributed by atoms with E-state index in [1.165, 1.54) is 11.8 Å². The quantitative estimate of drug-likeness (QED) is 0.425. The predicted octanol–water partition coefficient (Wildman–Crippen LogP) is 6.17. The maximum Gasteiger partial charge on any atom is 0.286 e. The molecule has 2 heterocycles. The van der Waals surface area contributed by atoms with Crippen LogP contribution in [0, 0.1) is 0 Å². The molecule has 1 amide bonds. The third kappa shape index (κ3) is 4.45. The highest BCUT2D eigenvalue weighted by molar-refractivity contribution is 8.18. The van der Waals surface area contributed by atoms with Gasteiger partial charge >= 0.3 is 0 Å². The van der Waals surface area contributed by atoms with Crippen LogP contribution in [0.3, 0.4) is 0 Å². The standard InChI is InChI=1S/C26H20ClN3O2S/c1-32-23-10-6-5-9-19(23)15-24-25(31)28-26(33-24)30-22(18-11-13-20(27)14-12-18)16-21(29-30)17-7-3-2-4-8-17/h2-15,22H,16H2,1H3/b24-15-. The van der Waals surface area contributed by atoms with E-state index in [4.69, 9.17) is 21.4 Å². The molecule has 0 fully saturated rings. The molecule has 1 unspecified atom stereocenters. The van der Waals surface area contributed by atoms with E-state index in [0.717, 1.165) is 22.4 Å². The fourth-order valence-electron chi connectivity index (χ4n) is 3.86. The van der Waals surface area contributed by atoms with Gasteiger partial charge in [0.15, 0.2) is 5.17 Å². The number of methoxy groups -OCH3 is 1. The minimum Gasteiger partial charge on any atom is -0.496 e. The summed E-state index contributed by atoms with van der Waals surface area (Å²) in [6.07, 6.45) is 2.52. The molecular weight excluding hydrogens is 454 g/mol. The number of amidine groups is 1. The summed E-state index contributed by atoms with van der Waals surface area (Å²) in [4.78, 5) is 17.7. The van der Waals surface area contributed by atoms with E-state index >= 15 is 0 Å². The molecule has 0 spiro atoms. The van der Waals surface area contributed by atoms with Gasteiger partial charge in [-0.25, -0.2) is 5.01 Å². The number of amides is 1. The number of hydrazone groups is 1. The van der Waals surface area contributed by atoms with Gasteiger partial charge in [-0.2, -0.15) is 10.1 Å². The molecule has 0 radical (unpaired) electrons. The molecule has 33 heavy (non-hydrogen) atoms. The van der Waals surface area contributed by atoms with Crippen molar-refractivity contribution in [1.82, 2.24) is 5.01 Å². The Morgan fingerprint density at radius 2 is 1.76 bits per heavy atom. The Morgan fingerprint density at radius 3 is 2.52 bits per heavy atom. The monoisotopic (exact) mass is 473 g/mol. The van der Waals surface area contributed by atoms with Crippen molar-refractivity contribution >= 4 is 46.2 Å². The number of benzene rings is 3. The molecule has 3 aromatic carbocycles. The summed E-state index contributed by atoms with van der Waals surface area (Å²) >= 11 is 7.44. The van der Waals surface area contributed by atoms with Gasteiger partial charge in [-0.05, 0) is 47.2 Å². The number of carbonyl (C=O) groups excluding carboxylic acids is 1. The summed E-state index contributed by atoms with van der Waals surface area (Å²) in [5.41, 5.74) is 3.90. The van der Waals surface area contributed by atoms with Gasteiger partial charge in [0.25, 0.3) is 5.91 Å². The van der Waals surface area contributed by atoms with E-state index < -0.39 is 0 Å². The van der Waals surface area contributed by atoms with Crippen molar-refractivity contribution in [1.29, 1.82) is 0 Å². The van der Waals surface area contributed by atoms with E-state index in [9.17, 15) is 4.79 Å². The second-order valence-electron chi connectivity index (χ2n) is 7.58. The highest BCUT2D eigenvalue weighted by atomic mass is 35.5. The van der Waals surface area contributed by atoms with Crippen LogP contribution >= 0.6 is 23.4 Å². The summed E-state index contributed by atoms with van der Waals surface area (Å²) in [6.45, 7) is 0. The molecule has 164 valence electrons. The summed E-state index contributed by atoms with van der Waals surface area (Å²) in [6, 6.07) is 25.3. The van der Waals surface area contributed by atoms with Crippen molar-refractivity contribution in [2.45, 2.75) is 12.5 Å². The van der Waals surface area contributed by atoms with Gasteiger partial charge in [-0.15, -0.1) is 0 Å². The molecule has 0 aliphatic carbocycles. The molecule has 0 saturated carbocycles. The van der Waals surface area contributed by atoms with Crippen LogP contribution in [0.2, 0.25) is 5.02 Å². The van der Waals surface area contributed by atoms with Crippen LogP contribution in [0.25, 0.3) is 6.08 Å². The minimum atomic E-state index is -0.279. The van der Waals surface area contributed by atoms with Gasteiger partial charge in [-0.1, -0.05) is 72.3 Å². The largest absolute Gasteiger partial charge is 0.496 e. The number of thioether (sulfide) groups is 1. The van der Waals surface area contributed by atoms with E-state index in [1.807, 2.05) is 89.9 Å². The third-order valence-electron chi connectivity index (χ3n) is 5.50. The number of hydrogen-bond donors (Lipinski definition) is 0. The zero-order valence-corrected chi connectivity index (χ0v) is 19.4. The number of ether oxygens (including phenoxy) is 1. The maximum absolute atomic E-state index is 12.8. The average Bonchev–Trinajstić information content (AvgIpc) is 3.45. The SMILES string of the molecule is COc1ccccc1/C=C1\SC(N2N=C(c3ccccc3)CC2c2ccc(Cl)cc2)=NC1=O. The highest BCUT2D eigenvalue weighted by Gasteiger charge is 2.36. The van der Waals surface area contributed by atoms with E-state index in [1.54, 1.807) is 7.11 Å². The molecule has 5 nitrogen and oxygen atoms in total. The first-order valence-corrected chi connectivity index (χ1v) is 11.6. The third-order valence-corrected chi connectivity index (χ3v) is 6.73. The van der Waals surface area contributed by atoms with Crippen LogP contribution in [0.4, 0.5) is 0 Å². The van der Waals surface area contributed by atoms with Crippen molar-refractivity contribution in [3.63, 3.8) is 0 Å². The molecule has 3 aromatic rings. The lowest BCUT2D eigenvalue weighted by atomic mass is 9.99. The Kier molecular flexibility index (Phi) is 6.03. The summed E-state index contributed by atoms with van der Waals surface area (Å²) < 4.78 is 5.42. The van der Waals surface area contributed by atoms with Crippen LogP contribution in [-0.2, 0) is 4.79 Å². The molecule has 0 saturated heterocycles. The smallest absolute Gasteiger partial charge is 0.286 e. The molecular formula is C26H20ClN3O2S. The molecule has 0 N–H and O–H groups in total. The fourth-order valence-corrected chi connectivity index (χ4v) is 4.89. The van der Waals surface area contributed by atoms with Crippen LogP contribution in [0.1, 0.15) is 29.2 Å². The van der Waals surface area contributed by atoms with E-state index in [-0.39, 0.29) is 11.9 Å². The first-order chi connectivity index (χ1) is 16.1. The summed E-state index contributed by atoms with van der Waals surface area (Å²) in [5, 5.41) is 7.99. The second kappa shape index (κ2) is 9.25. The zero-order chi connectivity index (χ0) is 22.8. The Balaban J connectivity index is 1.48. The average molecular weight is 474 g/mol. The number of hydrogen-bond acceptors (Lipinski definition) is 5. The number of nitrogens with zero attached hydrogens (tertiary/aromatic N) is 3. The van der Waals surface area contributed by atoms with Crippen molar-refractivity contribution in [3.05, 3.63) is 105 Å². The van der Waals surface area contributed by atoms with Gasteiger partial charge in [-0.3, -0.25) is 4.79 Å². The normalized spacial score (nSPS) is 19.1. The summed E-state index contributed by atoms with van der Waals surface area (Å²) in [5.74, 6) is 0.426. The highest BCUT2D eigenvalue weighted by Crippen LogP contribution is 2.40. The first-order valence-electron chi connectivity index (χ1n) is 10.5. The molecule has 7 heteroatoms. The first kappa shape index (κ1) is 21.5. The van der Waals surface area contributed by atoms with Gasteiger partial charge in [0.1, 0.15) is 5.75 Å². The Hall–Kier alpha value is -3.35. The lowest BCUT2D eigenvalue weighted by Gasteiger charge is -2.22. The fraction of sp³-hybridized carbons (Fsp3) is 0.115. The van der Waals surface area contributed by atoms with Gasteiger partial charge in [0.05, 0.1) is 23.8 Å². The number of rotatable bonds is 4. The molecule has 2 aliphatic heterocycles. The van der Waals surface area contributed by atoms with Gasteiger partial charge < -0.3 is 4.74 Å². The van der Waals surface area contributed by atoms with E-state index in [0.29, 0.717) is 27.3 Å². The second-order valence-corrected chi connectivity index (χ2v) is 9.03. The number of aliphatic imine (C=N–C) groups is 1. The Morgan fingerprint density at radius 1 is 1.03 bits per heavy atom. The number of carbonyl (C=O) groups is 1. The Bertz CT molecular complexity index is 1290. The molecule has 0 aromatic heterocycles. The molecule has 5 rings (SSSR count).